The molecule has 3 aromatic carbocycles. The molecule has 0 spiro atoms. The van der Waals surface area contributed by atoms with Crippen LogP contribution in [0.15, 0.2) is 83.8 Å². The molecule has 0 heterocycles. The summed E-state index contributed by atoms with van der Waals surface area (Å²) in [7, 11) is 0. The average molecular weight is 461 g/mol. The Balaban J connectivity index is 1.89. The highest BCUT2D eigenvalue weighted by molar-refractivity contribution is 8.00. The molecule has 0 aliphatic rings. The van der Waals surface area contributed by atoms with Gasteiger partial charge >= 0.3 is 0 Å². The van der Waals surface area contributed by atoms with Crippen molar-refractivity contribution in [1.29, 1.82) is 0 Å². The molecule has 1 N–H and O–H groups in total. The Labute approximate surface area is 201 Å². The van der Waals surface area contributed by atoms with Gasteiger partial charge in [0, 0.05) is 24.4 Å². The molecule has 1 atom stereocenters. The van der Waals surface area contributed by atoms with Gasteiger partial charge in [0.15, 0.2) is 0 Å². The van der Waals surface area contributed by atoms with Crippen molar-refractivity contribution in [3.05, 3.63) is 101 Å². The second-order valence-electron chi connectivity index (χ2n) is 8.15. The van der Waals surface area contributed by atoms with Gasteiger partial charge in [-0.15, -0.1) is 11.8 Å². The minimum atomic E-state index is -0.585. The highest BCUT2D eigenvalue weighted by atomic mass is 32.2. The number of carbonyl (C=O) groups is 2. The Morgan fingerprint density at radius 3 is 2.24 bits per heavy atom. The number of aryl methyl sites for hydroxylation is 2. The molecule has 0 aliphatic heterocycles. The number of nitrogens with zero attached hydrogens (tertiary/aromatic N) is 1. The van der Waals surface area contributed by atoms with Crippen LogP contribution < -0.4 is 5.32 Å². The third kappa shape index (κ3) is 7.22. The highest BCUT2D eigenvalue weighted by Gasteiger charge is 2.30. The number of benzene rings is 3. The lowest BCUT2D eigenvalue weighted by Gasteiger charge is -2.32. The Bertz CT molecular complexity index is 1050. The summed E-state index contributed by atoms with van der Waals surface area (Å²) in [5, 5.41) is 2.94. The summed E-state index contributed by atoms with van der Waals surface area (Å²) in [5.74, 6) is 0.110. The van der Waals surface area contributed by atoms with Crippen molar-refractivity contribution in [2.24, 2.45) is 0 Å². The van der Waals surface area contributed by atoms with Gasteiger partial charge in [-0.3, -0.25) is 9.59 Å². The number of carbonyl (C=O) groups excluding carboxylic acids is 2. The molecule has 5 heteroatoms. The molecular weight excluding hydrogens is 428 g/mol. The van der Waals surface area contributed by atoms with Crippen molar-refractivity contribution < 1.29 is 9.59 Å². The fourth-order valence-corrected chi connectivity index (χ4v) is 4.46. The second kappa shape index (κ2) is 12.3. The molecule has 3 aromatic rings. The van der Waals surface area contributed by atoms with Crippen LogP contribution in [0, 0.1) is 13.8 Å². The number of hydrogen-bond acceptors (Lipinski definition) is 3. The molecule has 0 saturated carbocycles. The number of amides is 2. The normalized spacial score (nSPS) is 11.6. The SMILES string of the molecule is CCNC(=O)[C@@H](Cc1ccccc1)N(Cc1ccccc1C)C(=O)CSc1ccc(C)cc1. The van der Waals surface area contributed by atoms with Gasteiger partial charge in [-0.25, -0.2) is 0 Å². The zero-order chi connectivity index (χ0) is 23.6. The van der Waals surface area contributed by atoms with Gasteiger partial charge in [-0.2, -0.15) is 0 Å². The first-order valence-corrected chi connectivity index (χ1v) is 12.3. The summed E-state index contributed by atoms with van der Waals surface area (Å²) in [6, 6.07) is 25.5. The monoisotopic (exact) mass is 460 g/mol. The van der Waals surface area contributed by atoms with Crippen molar-refractivity contribution in [1.82, 2.24) is 10.2 Å². The van der Waals surface area contributed by atoms with E-state index in [1.54, 1.807) is 4.90 Å². The first-order valence-electron chi connectivity index (χ1n) is 11.3. The van der Waals surface area contributed by atoms with E-state index in [0.717, 1.165) is 21.6 Å². The quantitative estimate of drug-likeness (QED) is 0.425. The molecule has 2 amide bonds. The highest BCUT2D eigenvalue weighted by Crippen LogP contribution is 2.22. The van der Waals surface area contributed by atoms with Crippen molar-refractivity contribution in [2.45, 2.75) is 44.7 Å². The molecule has 33 heavy (non-hydrogen) atoms. The van der Waals surface area contributed by atoms with Crippen LogP contribution in [-0.2, 0) is 22.6 Å². The van der Waals surface area contributed by atoms with Crippen LogP contribution in [0.25, 0.3) is 0 Å². The molecule has 3 rings (SSSR count). The zero-order valence-electron chi connectivity index (χ0n) is 19.6. The average Bonchev–Trinajstić information content (AvgIpc) is 2.82. The minimum absolute atomic E-state index is 0.0454. The lowest BCUT2D eigenvalue weighted by atomic mass is 10.0. The predicted molar refractivity (Wildman–Crippen MR) is 136 cm³/mol. The standard InChI is InChI=1S/C28H32N2O2S/c1-4-29-28(32)26(18-23-11-6-5-7-12-23)30(19-24-13-9-8-10-22(24)3)27(31)20-33-25-16-14-21(2)15-17-25/h5-17,26H,4,18-20H2,1-3H3,(H,29,32)/t26-/m1/s1. The number of rotatable bonds is 10. The van der Waals surface area contributed by atoms with Crippen LogP contribution in [0.3, 0.4) is 0 Å². The maximum absolute atomic E-state index is 13.6. The summed E-state index contributed by atoms with van der Waals surface area (Å²) >= 11 is 1.51. The van der Waals surface area contributed by atoms with E-state index in [-0.39, 0.29) is 17.6 Å². The van der Waals surface area contributed by atoms with Crippen molar-refractivity contribution in [3.8, 4) is 0 Å². The van der Waals surface area contributed by atoms with E-state index in [1.807, 2.05) is 99.6 Å². The van der Waals surface area contributed by atoms with Crippen molar-refractivity contribution in [2.75, 3.05) is 12.3 Å². The maximum Gasteiger partial charge on any atom is 0.243 e. The van der Waals surface area contributed by atoms with E-state index < -0.39 is 6.04 Å². The van der Waals surface area contributed by atoms with Crippen LogP contribution in [0.1, 0.15) is 29.2 Å². The summed E-state index contributed by atoms with van der Waals surface area (Å²) < 4.78 is 0. The molecule has 0 bridgehead atoms. The topological polar surface area (TPSA) is 49.4 Å². The van der Waals surface area contributed by atoms with Crippen molar-refractivity contribution >= 4 is 23.6 Å². The lowest BCUT2D eigenvalue weighted by Crippen LogP contribution is -2.51. The fourth-order valence-electron chi connectivity index (χ4n) is 3.68. The minimum Gasteiger partial charge on any atom is -0.355 e. The van der Waals surface area contributed by atoms with E-state index >= 15 is 0 Å². The molecule has 4 nitrogen and oxygen atoms in total. The summed E-state index contributed by atoms with van der Waals surface area (Å²) in [4.78, 5) is 29.5. The molecule has 0 fully saturated rings. The smallest absolute Gasteiger partial charge is 0.243 e. The number of thioether (sulfide) groups is 1. The zero-order valence-corrected chi connectivity index (χ0v) is 20.4. The van der Waals surface area contributed by atoms with Crippen LogP contribution in [0.2, 0.25) is 0 Å². The van der Waals surface area contributed by atoms with Crippen LogP contribution >= 0.6 is 11.8 Å². The van der Waals surface area contributed by atoms with E-state index in [0.29, 0.717) is 19.5 Å². The van der Waals surface area contributed by atoms with Gasteiger partial charge < -0.3 is 10.2 Å². The lowest BCUT2D eigenvalue weighted by molar-refractivity contribution is -0.139. The van der Waals surface area contributed by atoms with Gasteiger partial charge in [0.1, 0.15) is 6.04 Å². The second-order valence-corrected chi connectivity index (χ2v) is 9.20. The van der Waals surface area contributed by atoms with Crippen LogP contribution in [0.5, 0.6) is 0 Å². The van der Waals surface area contributed by atoms with Crippen LogP contribution in [0.4, 0.5) is 0 Å². The molecule has 0 unspecified atom stereocenters. The fraction of sp³-hybridized carbons (Fsp3) is 0.286. The van der Waals surface area contributed by atoms with Gasteiger partial charge in [-0.1, -0.05) is 72.3 Å². The first-order chi connectivity index (χ1) is 16.0. The third-order valence-electron chi connectivity index (χ3n) is 5.61. The largest absolute Gasteiger partial charge is 0.355 e. The van der Waals surface area contributed by atoms with Crippen LogP contribution in [-0.4, -0.2) is 35.1 Å². The van der Waals surface area contributed by atoms with E-state index in [1.165, 1.54) is 17.3 Å². The summed E-state index contributed by atoms with van der Waals surface area (Å²) in [6.07, 6.45) is 0.472. The number of likely N-dealkylation sites (N-methyl/N-ethyl adjacent to an activating group) is 1. The molecular formula is C28H32N2O2S. The summed E-state index contributed by atoms with van der Waals surface area (Å²) in [5.41, 5.74) is 4.37. The molecule has 172 valence electrons. The molecule has 0 radical (unpaired) electrons. The van der Waals surface area contributed by atoms with Gasteiger partial charge in [0.05, 0.1) is 5.75 Å². The molecule has 0 aromatic heterocycles. The van der Waals surface area contributed by atoms with E-state index in [2.05, 4.69) is 5.32 Å². The Morgan fingerprint density at radius 1 is 0.909 bits per heavy atom. The van der Waals surface area contributed by atoms with E-state index in [4.69, 9.17) is 0 Å². The number of nitrogens with one attached hydrogen (secondary N) is 1. The van der Waals surface area contributed by atoms with Gasteiger partial charge in [0.2, 0.25) is 11.8 Å². The predicted octanol–water partition coefficient (Wildman–Crippen LogP) is 5.17. The van der Waals surface area contributed by atoms with E-state index in [9.17, 15) is 9.59 Å². The van der Waals surface area contributed by atoms with Crippen molar-refractivity contribution in [3.63, 3.8) is 0 Å². The third-order valence-corrected chi connectivity index (χ3v) is 6.60. The van der Waals surface area contributed by atoms with Gasteiger partial charge in [-0.05, 0) is 49.6 Å². The Kier molecular flexibility index (Phi) is 9.14. The summed E-state index contributed by atoms with van der Waals surface area (Å²) in [6.45, 7) is 6.91. The maximum atomic E-state index is 13.6. The Hall–Kier alpha value is -3.05. The molecule has 0 saturated heterocycles. The number of hydrogen-bond donors (Lipinski definition) is 1. The molecule has 0 aliphatic carbocycles. The van der Waals surface area contributed by atoms with Gasteiger partial charge in [0.25, 0.3) is 0 Å². The first kappa shape index (κ1) is 24.6. The Morgan fingerprint density at radius 2 is 1.58 bits per heavy atom.